The van der Waals surface area contributed by atoms with Crippen LogP contribution in [0.1, 0.15) is 70.8 Å². The van der Waals surface area contributed by atoms with Crippen molar-refractivity contribution in [3.05, 3.63) is 82.9 Å². The van der Waals surface area contributed by atoms with Crippen molar-refractivity contribution in [1.29, 1.82) is 0 Å². The van der Waals surface area contributed by atoms with Crippen LogP contribution < -0.4 is 16.0 Å². The smallest absolute Gasteiger partial charge is 0.687 e. The summed E-state index contributed by atoms with van der Waals surface area (Å²) in [6, 6.07) is 6.42. The van der Waals surface area contributed by atoms with Crippen molar-refractivity contribution in [3.8, 4) is 0 Å². The number of fused-ring (bicyclic) bond motifs is 2. The van der Waals surface area contributed by atoms with E-state index in [1.165, 1.54) is 46.0 Å². The molecule has 2 amide bonds. The van der Waals surface area contributed by atoms with Gasteiger partial charge >= 0.3 is 29.0 Å². The van der Waals surface area contributed by atoms with Crippen LogP contribution in [0.5, 0.6) is 0 Å². The number of carboxylic acid groups (broad SMARTS) is 2. The first kappa shape index (κ1) is 46.9. The van der Waals surface area contributed by atoms with Crippen LogP contribution in [-0.4, -0.2) is 76.7 Å². The van der Waals surface area contributed by atoms with E-state index in [0.29, 0.717) is 18.4 Å². The molecule has 1 aromatic carbocycles. The molecule has 0 bridgehead atoms. The zero-order chi connectivity index (χ0) is 34.7. The van der Waals surface area contributed by atoms with Gasteiger partial charge < -0.3 is 52.7 Å². The molecule has 287 valence electrons. The van der Waals surface area contributed by atoms with Crippen molar-refractivity contribution in [1.82, 2.24) is 20.9 Å². The van der Waals surface area contributed by atoms with Gasteiger partial charge in [-0.1, -0.05) is 62.5 Å². The Morgan fingerprint density at radius 3 is 1.98 bits per heavy atom. The predicted octanol–water partition coefficient (Wildman–Crippen LogP) is 3.45. The van der Waals surface area contributed by atoms with Crippen LogP contribution in [0.2, 0.25) is 0 Å². The van der Waals surface area contributed by atoms with Gasteiger partial charge in [-0.25, -0.2) is 9.59 Å². The van der Waals surface area contributed by atoms with Crippen LogP contribution in [-0.2, 0) is 53.6 Å². The molecule has 0 spiro atoms. The molecule has 2 aromatic rings. The fraction of sp³-hybridized carbons (Fsp3) is 0.500. The molecule has 1 saturated heterocycles. The Labute approximate surface area is 310 Å². The third-order valence-corrected chi connectivity index (χ3v) is 8.40. The molecule has 4 unspecified atom stereocenters. The number of aliphatic carboxylic acids is 2. The maximum absolute atomic E-state index is 11.1. The monoisotopic (exact) mass is 763 g/mol. The molecule has 1 radical (unpaired) electrons. The van der Waals surface area contributed by atoms with E-state index in [-0.39, 0.29) is 46.3 Å². The van der Waals surface area contributed by atoms with Crippen molar-refractivity contribution in [2.45, 2.75) is 89.8 Å². The molecule has 1 aromatic heterocycles. The third kappa shape index (κ3) is 17.1. The molecule has 1 saturated carbocycles. The van der Waals surface area contributed by atoms with Crippen molar-refractivity contribution >= 4 is 34.7 Å². The number of amides is 2. The third-order valence-electron chi connectivity index (χ3n) is 8.40. The minimum atomic E-state index is -1.03. The SMILES string of the molecule is C1=CC[N-]C=C1.C1CC[N-]CC1.CC(=O)NC(CC1=CNC2CCCCC12)C(=O)O.CC(=O)NC(Cc1c[nH]c2ccccc12)C(=O)O.[Cu+2].[OH3+].[OH3+]. The number of carboxylic acids is 2. The molecular formula is C36H56CuN6O8+2. The number of aromatic nitrogens is 1. The summed E-state index contributed by atoms with van der Waals surface area (Å²) in [5, 5.41) is 35.5. The second kappa shape index (κ2) is 25.8. The number of hydrogen-bond acceptors (Lipinski definition) is 5. The molecule has 3 aliphatic heterocycles. The Hall–Kier alpha value is -4.14. The van der Waals surface area contributed by atoms with Gasteiger partial charge in [0, 0.05) is 55.7 Å². The Balaban J connectivity index is 0.000000709. The molecular weight excluding hydrogens is 708 g/mol. The molecule has 2 fully saturated rings. The summed E-state index contributed by atoms with van der Waals surface area (Å²) in [6.45, 7) is 5.77. The first-order chi connectivity index (χ1) is 23.2. The number of rotatable bonds is 8. The molecule has 4 heterocycles. The molecule has 4 atom stereocenters. The van der Waals surface area contributed by atoms with Gasteiger partial charge in [-0.05, 0) is 36.2 Å². The molecule has 14 nitrogen and oxygen atoms in total. The van der Waals surface area contributed by atoms with E-state index in [2.05, 4.69) is 31.6 Å². The van der Waals surface area contributed by atoms with Gasteiger partial charge in [0.1, 0.15) is 12.1 Å². The van der Waals surface area contributed by atoms with Crippen LogP contribution in [0.3, 0.4) is 0 Å². The van der Waals surface area contributed by atoms with E-state index in [1.807, 2.05) is 48.7 Å². The summed E-state index contributed by atoms with van der Waals surface area (Å²) in [6.07, 6.45) is 20.9. The summed E-state index contributed by atoms with van der Waals surface area (Å²) >= 11 is 0. The average Bonchev–Trinajstić information content (AvgIpc) is 3.70. The van der Waals surface area contributed by atoms with E-state index < -0.39 is 24.0 Å². The fourth-order valence-corrected chi connectivity index (χ4v) is 6.06. The summed E-state index contributed by atoms with van der Waals surface area (Å²) in [7, 11) is 0. The molecule has 51 heavy (non-hydrogen) atoms. The van der Waals surface area contributed by atoms with Crippen LogP contribution >= 0.6 is 0 Å². The van der Waals surface area contributed by atoms with E-state index in [1.54, 1.807) is 12.4 Å². The Bertz CT molecular complexity index is 1420. The van der Waals surface area contributed by atoms with Crippen molar-refractivity contribution < 1.29 is 57.4 Å². The normalized spacial score (nSPS) is 19.0. The number of carbonyl (C=O) groups is 4. The quantitative estimate of drug-likeness (QED) is 0.172. The number of benzene rings is 1. The molecule has 6 rings (SSSR count). The van der Waals surface area contributed by atoms with E-state index in [9.17, 15) is 19.2 Å². The molecule has 15 heteroatoms. The number of allylic oxidation sites excluding steroid dienone is 2. The summed E-state index contributed by atoms with van der Waals surface area (Å²) in [5.74, 6) is -2.19. The average molecular weight is 764 g/mol. The zero-order valence-electron chi connectivity index (χ0n) is 29.4. The fourth-order valence-electron chi connectivity index (χ4n) is 6.06. The van der Waals surface area contributed by atoms with E-state index >= 15 is 0 Å². The summed E-state index contributed by atoms with van der Waals surface area (Å²) in [5.41, 5.74) is 2.98. The number of piperidine rings is 1. The number of hydrogen-bond donors (Lipinski definition) is 6. The van der Waals surface area contributed by atoms with Gasteiger partial charge in [-0.3, -0.25) is 9.59 Å². The summed E-state index contributed by atoms with van der Waals surface area (Å²) < 4.78 is 0. The largest absolute Gasteiger partial charge is 2.00 e. The Morgan fingerprint density at radius 1 is 0.863 bits per heavy atom. The Kier molecular flexibility index (Phi) is 23.7. The molecule has 1 aliphatic carbocycles. The van der Waals surface area contributed by atoms with Gasteiger partial charge in [0.05, 0.1) is 0 Å². The maximum atomic E-state index is 11.1. The van der Waals surface area contributed by atoms with E-state index in [0.717, 1.165) is 54.5 Å². The van der Waals surface area contributed by atoms with E-state index in [4.69, 9.17) is 10.2 Å². The minimum Gasteiger partial charge on any atom is -0.687 e. The zero-order valence-corrected chi connectivity index (χ0v) is 30.4. The van der Waals surface area contributed by atoms with Crippen LogP contribution in [0.15, 0.2) is 66.7 Å². The van der Waals surface area contributed by atoms with Gasteiger partial charge in [0.25, 0.3) is 0 Å². The van der Waals surface area contributed by atoms with Crippen molar-refractivity contribution in [2.24, 2.45) is 5.92 Å². The number of nitrogens with one attached hydrogen (secondary N) is 4. The first-order valence-electron chi connectivity index (χ1n) is 16.8. The number of carbonyl (C=O) groups excluding carboxylic acids is 2. The van der Waals surface area contributed by atoms with Gasteiger partial charge in [-0.15, -0.1) is 25.7 Å². The number of H-pyrrole nitrogens is 1. The predicted molar refractivity (Wildman–Crippen MR) is 197 cm³/mol. The summed E-state index contributed by atoms with van der Waals surface area (Å²) in [4.78, 5) is 47.2. The molecule has 12 N–H and O–H groups in total. The van der Waals surface area contributed by atoms with Crippen molar-refractivity contribution in [3.63, 3.8) is 0 Å². The second-order valence-corrected chi connectivity index (χ2v) is 12.2. The van der Waals surface area contributed by atoms with Gasteiger partial charge in [-0.2, -0.15) is 6.20 Å². The number of aromatic amines is 1. The standard InChI is InChI=1S/C13H20N2O3.C13H14N2O3.C5H10N.C5H6N.Cu.2H2O/c2*1-8(16)15-12(13(17)18)6-9-7-14-11-5-3-2-4-10(9)11;2*1-2-4-6-5-3-1;;;/h7,10-12,14H,2-6H2,1H3,(H,15,16)(H,17,18);2-5,7,12,14H,6H2,1H3,(H,15,16)(H,17,18);1-5H2;1-4H,5H2;;2*1H2/q;;2*-1;+2;;/p+2. The second-order valence-electron chi connectivity index (χ2n) is 12.2. The maximum Gasteiger partial charge on any atom is 2.00 e. The number of nitrogens with zero attached hydrogens (tertiary/aromatic N) is 2. The minimum absolute atomic E-state index is 0. The first-order valence-corrected chi connectivity index (χ1v) is 16.8. The molecule has 4 aliphatic rings. The van der Waals surface area contributed by atoms with Gasteiger partial charge in [0.15, 0.2) is 0 Å². The number of para-hydroxylation sites is 1. The van der Waals surface area contributed by atoms with Crippen LogP contribution in [0, 0.1) is 5.92 Å². The Morgan fingerprint density at radius 2 is 1.49 bits per heavy atom. The van der Waals surface area contributed by atoms with Crippen LogP contribution in [0.25, 0.3) is 21.5 Å². The van der Waals surface area contributed by atoms with Crippen molar-refractivity contribution in [2.75, 3.05) is 19.6 Å². The van der Waals surface area contributed by atoms with Gasteiger partial charge in [0.2, 0.25) is 11.8 Å². The van der Waals surface area contributed by atoms with Crippen LogP contribution in [0.4, 0.5) is 0 Å². The topological polar surface area (TPSA) is 255 Å².